The third-order valence-corrected chi connectivity index (χ3v) is 3.13. The fraction of sp³-hybridized carbons (Fsp3) is 0.125. The van der Waals surface area contributed by atoms with Crippen molar-refractivity contribution in [1.29, 1.82) is 0 Å². The second kappa shape index (κ2) is 4.38. The standard InChI is InChI=1S/C8H6Cl2N4S/c1-15-8-11-12-13-14(8)5-2-3-6(9)7(10)4-5/h2-4H,1H3. The number of rotatable bonds is 2. The van der Waals surface area contributed by atoms with Crippen molar-refractivity contribution in [2.24, 2.45) is 0 Å². The molecule has 15 heavy (non-hydrogen) atoms. The minimum absolute atomic E-state index is 0.483. The summed E-state index contributed by atoms with van der Waals surface area (Å²) in [6, 6.07) is 5.25. The fourth-order valence-electron chi connectivity index (χ4n) is 1.09. The molecule has 1 aromatic heterocycles. The molecule has 0 aliphatic carbocycles. The molecule has 0 aliphatic heterocycles. The molecule has 78 valence electrons. The van der Waals surface area contributed by atoms with Crippen molar-refractivity contribution in [2.75, 3.05) is 6.26 Å². The Balaban J connectivity index is 2.50. The maximum atomic E-state index is 5.91. The molecule has 2 rings (SSSR count). The van der Waals surface area contributed by atoms with E-state index in [1.165, 1.54) is 11.8 Å². The predicted molar refractivity (Wildman–Crippen MR) is 61.0 cm³/mol. The average Bonchev–Trinajstić information content (AvgIpc) is 2.70. The molecule has 0 spiro atoms. The number of hydrogen-bond acceptors (Lipinski definition) is 4. The Morgan fingerprint density at radius 1 is 1.27 bits per heavy atom. The zero-order chi connectivity index (χ0) is 10.8. The van der Waals surface area contributed by atoms with Crippen molar-refractivity contribution < 1.29 is 0 Å². The van der Waals surface area contributed by atoms with E-state index in [9.17, 15) is 0 Å². The highest BCUT2D eigenvalue weighted by atomic mass is 35.5. The van der Waals surface area contributed by atoms with E-state index in [-0.39, 0.29) is 0 Å². The van der Waals surface area contributed by atoms with Gasteiger partial charge in [-0.05, 0) is 34.9 Å². The normalized spacial score (nSPS) is 10.6. The maximum Gasteiger partial charge on any atom is 0.213 e. The van der Waals surface area contributed by atoms with Gasteiger partial charge in [0.2, 0.25) is 5.16 Å². The molecule has 7 heteroatoms. The van der Waals surface area contributed by atoms with E-state index in [2.05, 4.69) is 15.5 Å². The quantitative estimate of drug-likeness (QED) is 0.779. The van der Waals surface area contributed by atoms with Crippen LogP contribution in [0.25, 0.3) is 5.69 Å². The van der Waals surface area contributed by atoms with Gasteiger partial charge in [0.05, 0.1) is 15.7 Å². The molecule has 4 nitrogen and oxygen atoms in total. The van der Waals surface area contributed by atoms with Gasteiger partial charge in [-0.15, -0.1) is 5.10 Å². The number of aromatic nitrogens is 4. The summed E-state index contributed by atoms with van der Waals surface area (Å²) in [4.78, 5) is 0. The topological polar surface area (TPSA) is 43.6 Å². The third kappa shape index (κ3) is 2.09. The van der Waals surface area contributed by atoms with Crippen molar-refractivity contribution >= 4 is 35.0 Å². The highest BCUT2D eigenvalue weighted by Gasteiger charge is 2.08. The molecule has 1 aromatic carbocycles. The smallest absolute Gasteiger partial charge is 0.187 e. The molecule has 0 aliphatic rings. The van der Waals surface area contributed by atoms with Crippen LogP contribution in [-0.2, 0) is 0 Å². The number of tetrazole rings is 1. The van der Waals surface area contributed by atoms with Crippen LogP contribution >= 0.6 is 35.0 Å². The lowest BCUT2D eigenvalue weighted by molar-refractivity contribution is 0.757. The zero-order valence-corrected chi connectivity index (χ0v) is 10.0. The van der Waals surface area contributed by atoms with Crippen molar-refractivity contribution in [3.8, 4) is 5.69 Å². The van der Waals surface area contributed by atoms with Gasteiger partial charge in [-0.1, -0.05) is 35.0 Å². The summed E-state index contributed by atoms with van der Waals surface area (Å²) in [5, 5.41) is 13.0. The average molecular weight is 261 g/mol. The van der Waals surface area contributed by atoms with Crippen molar-refractivity contribution in [3.05, 3.63) is 28.2 Å². The van der Waals surface area contributed by atoms with Crippen molar-refractivity contribution in [1.82, 2.24) is 20.2 Å². The van der Waals surface area contributed by atoms with Crippen molar-refractivity contribution in [2.45, 2.75) is 5.16 Å². The third-order valence-electron chi connectivity index (χ3n) is 1.77. The first-order chi connectivity index (χ1) is 7.22. The summed E-state index contributed by atoms with van der Waals surface area (Å²) in [6.45, 7) is 0. The molecule has 0 bridgehead atoms. The number of benzene rings is 1. The van der Waals surface area contributed by atoms with Gasteiger partial charge in [0.15, 0.2) is 0 Å². The van der Waals surface area contributed by atoms with Gasteiger partial charge in [0.25, 0.3) is 0 Å². The van der Waals surface area contributed by atoms with E-state index in [1.807, 2.05) is 12.3 Å². The lowest BCUT2D eigenvalue weighted by atomic mass is 10.3. The Bertz CT molecular complexity index is 485. The van der Waals surface area contributed by atoms with Gasteiger partial charge in [-0.25, -0.2) is 0 Å². The predicted octanol–water partition coefficient (Wildman–Crippen LogP) is 2.69. The summed E-state index contributed by atoms with van der Waals surface area (Å²) in [7, 11) is 0. The molecule has 2 aromatic rings. The molecular weight excluding hydrogens is 255 g/mol. The summed E-state index contributed by atoms with van der Waals surface area (Å²) < 4.78 is 1.60. The second-order valence-corrected chi connectivity index (χ2v) is 4.26. The lowest BCUT2D eigenvalue weighted by Gasteiger charge is -2.03. The van der Waals surface area contributed by atoms with Crippen LogP contribution in [0.2, 0.25) is 10.0 Å². The molecule has 1 heterocycles. The molecule has 0 atom stereocenters. The minimum atomic E-state index is 0.483. The Hall–Kier alpha value is -0.780. The fourth-order valence-corrected chi connectivity index (χ4v) is 1.81. The first-order valence-corrected chi connectivity index (χ1v) is 5.98. The van der Waals surface area contributed by atoms with Gasteiger partial charge in [0.1, 0.15) is 0 Å². The highest BCUT2D eigenvalue weighted by Crippen LogP contribution is 2.25. The van der Waals surface area contributed by atoms with E-state index in [4.69, 9.17) is 23.2 Å². The van der Waals surface area contributed by atoms with E-state index < -0.39 is 0 Å². The largest absolute Gasteiger partial charge is 0.213 e. The maximum absolute atomic E-state index is 5.91. The number of nitrogens with zero attached hydrogens (tertiary/aromatic N) is 4. The SMILES string of the molecule is CSc1nnnn1-c1ccc(Cl)c(Cl)c1. The van der Waals surface area contributed by atoms with Crippen LogP contribution in [0.15, 0.2) is 23.4 Å². The van der Waals surface area contributed by atoms with E-state index in [1.54, 1.807) is 16.8 Å². The van der Waals surface area contributed by atoms with Gasteiger partial charge in [-0.3, -0.25) is 0 Å². The zero-order valence-electron chi connectivity index (χ0n) is 7.69. The van der Waals surface area contributed by atoms with Gasteiger partial charge in [-0.2, -0.15) is 4.68 Å². The molecule has 0 N–H and O–H groups in total. The van der Waals surface area contributed by atoms with Gasteiger partial charge in [0, 0.05) is 0 Å². The van der Waals surface area contributed by atoms with E-state index in [0.29, 0.717) is 15.2 Å². The van der Waals surface area contributed by atoms with Crippen LogP contribution in [0, 0.1) is 0 Å². The minimum Gasteiger partial charge on any atom is -0.187 e. The Morgan fingerprint density at radius 2 is 2.07 bits per heavy atom. The highest BCUT2D eigenvalue weighted by molar-refractivity contribution is 7.98. The Labute approximate surface area is 101 Å². The second-order valence-electron chi connectivity index (χ2n) is 2.68. The first-order valence-electron chi connectivity index (χ1n) is 4.00. The van der Waals surface area contributed by atoms with E-state index >= 15 is 0 Å². The summed E-state index contributed by atoms with van der Waals surface area (Å²) >= 11 is 13.2. The molecule has 0 amide bonds. The monoisotopic (exact) mass is 260 g/mol. The molecule has 0 unspecified atom stereocenters. The van der Waals surface area contributed by atoms with Gasteiger partial charge >= 0.3 is 0 Å². The molecule has 0 fully saturated rings. The Morgan fingerprint density at radius 3 is 2.73 bits per heavy atom. The van der Waals surface area contributed by atoms with Crippen molar-refractivity contribution in [3.63, 3.8) is 0 Å². The number of hydrogen-bond donors (Lipinski definition) is 0. The molecular formula is C8H6Cl2N4S. The lowest BCUT2D eigenvalue weighted by Crippen LogP contribution is -1.98. The first kappa shape index (κ1) is 10.7. The molecule has 0 radical (unpaired) electrons. The molecule has 0 saturated heterocycles. The van der Waals surface area contributed by atoms with E-state index in [0.717, 1.165) is 5.69 Å². The van der Waals surface area contributed by atoms with Crippen LogP contribution in [0.5, 0.6) is 0 Å². The van der Waals surface area contributed by atoms with Gasteiger partial charge < -0.3 is 0 Å². The molecule has 0 saturated carbocycles. The van der Waals surface area contributed by atoms with Crippen LogP contribution in [0.4, 0.5) is 0 Å². The number of halogens is 2. The van der Waals surface area contributed by atoms with Crippen LogP contribution in [0.1, 0.15) is 0 Å². The van der Waals surface area contributed by atoms with Crippen LogP contribution in [0.3, 0.4) is 0 Å². The van der Waals surface area contributed by atoms with Crippen LogP contribution < -0.4 is 0 Å². The summed E-state index contributed by atoms with van der Waals surface area (Å²) in [6.07, 6.45) is 1.90. The number of thioether (sulfide) groups is 1. The summed E-state index contributed by atoms with van der Waals surface area (Å²) in [5.74, 6) is 0. The summed E-state index contributed by atoms with van der Waals surface area (Å²) in [5.41, 5.74) is 0.791. The van der Waals surface area contributed by atoms with Crippen LogP contribution in [-0.4, -0.2) is 26.5 Å². The Kier molecular flexibility index (Phi) is 3.14.